The first-order valence-corrected chi connectivity index (χ1v) is 4.80. The first-order chi connectivity index (χ1) is 6.61. The average Bonchev–Trinajstić information content (AvgIpc) is 2.20. The molecule has 0 fully saturated rings. The van der Waals surface area contributed by atoms with Crippen LogP contribution in [0.4, 0.5) is 4.39 Å². The van der Waals surface area contributed by atoms with E-state index in [4.69, 9.17) is 4.74 Å². The molecule has 0 aliphatic heterocycles. The molecule has 14 heavy (non-hydrogen) atoms. The van der Waals surface area contributed by atoms with Crippen LogP contribution in [-0.2, 0) is 4.74 Å². The highest BCUT2D eigenvalue weighted by Gasteiger charge is 2.18. The quantitative estimate of drug-likeness (QED) is 0.621. The summed E-state index contributed by atoms with van der Waals surface area (Å²) in [5.41, 5.74) is 0.0907. The van der Waals surface area contributed by atoms with Crippen LogP contribution >= 0.6 is 22.6 Å². The number of ether oxygens (including phenoxy) is 2. The Kier molecular flexibility index (Phi) is 3.68. The lowest BCUT2D eigenvalue weighted by molar-refractivity contribution is 0.0596. The summed E-state index contributed by atoms with van der Waals surface area (Å²) in [7, 11) is 2.54. The Morgan fingerprint density at radius 3 is 2.57 bits per heavy atom. The molecule has 0 amide bonds. The Morgan fingerprint density at radius 1 is 1.43 bits per heavy atom. The Morgan fingerprint density at radius 2 is 2.07 bits per heavy atom. The third-order valence-corrected chi connectivity index (χ3v) is 2.49. The van der Waals surface area contributed by atoms with Crippen molar-refractivity contribution < 1.29 is 18.7 Å². The Balaban J connectivity index is 3.31. The van der Waals surface area contributed by atoms with Gasteiger partial charge < -0.3 is 9.47 Å². The maximum absolute atomic E-state index is 13.4. The zero-order chi connectivity index (χ0) is 10.7. The SMILES string of the molecule is COC(=O)c1ccc(I)c(F)c1OC. The number of hydrogen-bond donors (Lipinski definition) is 0. The maximum atomic E-state index is 13.4. The molecule has 0 spiro atoms. The molecule has 3 nitrogen and oxygen atoms in total. The number of rotatable bonds is 2. The lowest BCUT2D eigenvalue weighted by Crippen LogP contribution is -2.06. The molecule has 0 aliphatic rings. The van der Waals surface area contributed by atoms with Gasteiger partial charge >= 0.3 is 5.97 Å². The normalized spacial score (nSPS) is 9.71. The van der Waals surface area contributed by atoms with E-state index < -0.39 is 11.8 Å². The number of esters is 1. The number of carbonyl (C=O) groups excluding carboxylic acids is 1. The highest BCUT2D eigenvalue weighted by molar-refractivity contribution is 14.1. The van der Waals surface area contributed by atoms with E-state index in [2.05, 4.69) is 4.74 Å². The number of hydrogen-bond acceptors (Lipinski definition) is 3. The van der Waals surface area contributed by atoms with Crippen molar-refractivity contribution >= 4 is 28.6 Å². The molecule has 0 unspecified atom stereocenters. The Hall–Kier alpha value is -0.850. The van der Waals surface area contributed by atoms with E-state index in [0.717, 1.165) is 0 Å². The number of halogens is 2. The minimum absolute atomic E-state index is 0.0799. The fourth-order valence-electron chi connectivity index (χ4n) is 1.00. The van der Waals surface area contributed by atoms with Gasteiger partial charge in [-0.05, 0) is 34.7 Å². The second kappa shape index (κ2) is 4.59. The van der Waals surface area contributed by atoms with E-state index in [1.165, 1.54) is 26.4 Å². The van der Waals surface area contributed by atoms with Gasteiger partial charge in [-0.1, -0.05) is 0 Å². The fraction of sp³-hybridized carbons (Fsp3) is 0.222. The Labute approximate surface area is 94.3 Å². The molecule has 1 aromatic rings. The van der Waals surface area contributed by atoms with Gasteiger partial charge in [0.2, 0.25) is 0 Å². The molecular weight excluding hydrogens is 302 g/mol. The summed E-state index contributed by atoms with van der Waals surface area (Å²) in [5.74, 6) is -1.24. The molecule has 1 aromatic carbocycles. The summed E-state index contributed by atoms with van der Waals surface area (Å²) in [6.45, 7) is 0. The van der Waals surface area contributed by atoms with Gasteiger partial charge in [0.1, 0.15) is 5.56 Å². The van der Waals surface area contributed by atoms with E-state index in [1.54, 1.807) is 0 Å². The summed E-state index contributed by atoms with van der Waals surface area (Å²) in [6.07, 6.45) is 0. The third kappa shape index (κ3) is 1.97. The van der Waals surface area contributed by atoms with Crippen LogP contribution in [0.1, 0.15) is 10.4 Å². The molecule has 1 rings (SSSR count). The molecule has 0 atom stereocenters. The van der Waals surface area contributed by atoms with E-state index in [9.17, 15) is 9.18 Å². The van der Waals surface area contributed by atoms with Crippen LogP contribution in [-0.4, -0.2) is 20.2 Å². The predicted octanol–water partition coefficient (Wildman–Crippen LogP) is 2.23. The molecule has 0 saturated carbocycles. The van der Waals surface area contributed by atoms with Gasteiger partial charge in [0.05, 0.1) is 17.8 Å². The number of methoxy groups -OCH3 is 2. The Bertz CT molecular complexity index is 365. The lowest BCUT2D eigenvalue weighted by Gasteiger charge is -2.08. The van der Waals surface area contributed by atoms with E-state index in [-0.39, 0.29) is 11.3 Å². The lowest BCUT2D eigenvalue weighted by atomic mass is 10.2. The summed E-state index contributed by atoms with van der Waals surface area (Å²) in [5, 5.41) is 0. The smallest absolute Gasteiger partial charge is 0.341 e. The molecule has 0 aliphatic carbocycles. The zero-order valence-electron chi connectivity index (χ0n) is 7.64. The van der Waals surface area contributed by atoms with Gasteiger partial charge in [-0.15, -0.1) is 0 Å². The maximum Gasteiger partial charge on any atom is 0.341 e. The molecule has 5 heteroatoms. The van der Waals surface area contributed by atoms with Crippen LogP contribution in [0.2, 0.25) is 0 Å². The average molecular weight is 310 g/mol. The van der Waals surface area contributed by atoms with Crippen molar-refractivity contribution in [1.82, 2.24) is 0 Å². The first kappa shape index (κ1) is 11.2. The summed E-state index contributed by atoms with van der Waals surface area (Å²) < 4.78 is 23.1. The monoisotopic (exact) mass is 310 g/mol. The van der Waals surface area contributed by atoms with Gasteiger partial charge in [0, 0.05) is 0 Å². The van der Waals surface area contributed by atoms with Gasteiger partial charge in [0.15, 0.2) is 11.6 Å². The van der Waals surface area contributed by atoms with E-state index in [1.807, 2.05) is 22.6 Å². The van der Waals surface area contributed by atoms with Gasteiger partial charge in [0.25, 0.3) is 0 Å². The second-order valence-electron chi connectivity index (χ2n) is 2.43. The second-order valence-corrected chi connectivity index (χ2v) is 3.60. The highest BCUT2D eigenvalue weighted by Crippen LogP contribution is 2.26. The molecule has 0 N–H and O–H groups in total. The van der Waals surface area contributed by atoms with E-state index >= 15 is 0 Å². The topological polar surface area (TPSA) is 35.5 Å². The largest absolute Gasteiger partial charge is 0.493 e. The van der Waals surface area contributed by atoms with Crippen molar-refractivity contribution in [3.63, 3.8) is 0 Å². The standard InChI is InChI=1S/C9H8FIO3/c1-13-8-5(9(12)14-2)3-4-6(11)7(8)10/h3-4H,1-2H3. The molecule has 0 radical (unpaired) electrons. The van der Waals surface area contributed by atoms with Crippen molar-refractivity contribution in [3.8, 4) is 5.75 Å². The fourth-order valence-corrected chi connectivity index (χ4v) is 1.43. The summed E-state index contributed by atoms with van der Waals surface area (Å²) >= 11 is 1.82. The molecule has 76 valence electrons. The zero-order valence-corrected chi connectivity index (χ0v) is 9.79. The minimum Gasteiger partial charge on any atom is -0.493 e. The minimum atomic E-state index is -0.614. The highest BCUT2D eigenvalue weighted by atomic mass is 127. The van der Waals surface area contributed by atoms with Crippen LogP contribution in [0, 0.1) is 9.39 Å². The van der Waals surface area contributed by atoms with Crippen molar-refractivity contribution in [2.75, 3.05) is 14.2 Å². The van der Waals surface area contributed by atoms with Crippen LogP contribution in [0.5, 0.6) is 5.75 Å². The number of carbonyl (C=O) groups is 1. The van der Waals surface area contributed by atoms with Crippen molar-refractivity contribution in [3.05, 3.63) is 27.1 Å². The van der Waals surface area contributed by atoms with E-state index in [0.29, 0.717) is 3.57 Å². The van der Waals surface area contributed by atoms with Crippen LogP contribution in [0.25, 0.3) is 0 Å². The molecular formula is C9H8FIO3. The van der Waals surface area contributed by atoms with Crippen LogP contribution < -0.4 is 4.74 Å². The van der Waals surface area contributed by atoms with Crippen LogP contribution in [0.3, 0.4) is 0 Å². The first-order valence-electron chi connectivity index (χ1n) is 3.72. The van der Waals surface area contributed by atoms with Crippen molar-refractivity contribution in [2.45, 2.75) is 0 Å². The van der Waals surface area contributed by atoms with Gasteiger partial charge in [-0.25, -0.2) is 9.18 Å². The molecule has 0 heterocycles. The third-order valence-electron chi connectivity index (χ3n) is 1.66. The van der Waals surface area contributed by atoms with Crippen molar-refractivity contribution in [2.24, 2.45) is 0 Å². The summed E-state index contributed by atoms with van der Waals surface area (Å²) in [4.78, 5) is 11.2. The molecule has 0 bridgehead atoms. The summed E-state index contributed by atoms with van der Waals surface area (Å²) in [6, 6.07) is 2.96. The number of benzene rings is 1. The van der Waals surface area contributed by atoms with Gasteiger partial charge in [-0.3, -0.25) is 0 Å². The molecule has 0 aromatic heterocycles. The molecule has 0 saturated heterocycles. The van der Waals surface area contributed by atoms with Gasteiger partial charge in [-0.2, -0.15) is 0 Å². The van der Waals surface area contributed by atoms with Crippen molar-refractivity contribution in [1.29, 1.82) is 0 Å². The van der Waals surface area contributed by atoms with Crippen LogP contribution in [0.15, 0.2) is 12.1 Å². The predicted molar refractivity (Wildman–Crippen MR) is 57.0 cm³/mol.